The largest absolute Gasteiger partial charge is 0.365 e. The Morgan fingerprint density at radius 1 is 1.15 bits per heavy atom. The van der Waals surface area contributed by atoms with Crippen LogP contribution in [0.25, 0.3) is 10.8 Å². The van der Waals surface area contributed by atoms with Crippen LogP contribution in [0.2, 0.25) is 0 Å². The molecule has 106 valence electrons. The Balaban J connectivity index is 2.12. The molecular weight excluding hydrogens is 312 g/mol. The molecule has 1 fully saturated rings. The highest BCUT2D eigenvalue weighted by Crippen LogP contribution is 2.34. The fourth-order valence-electron chi connectivity index (χ4n) is 2.99. The minimum absolute atomic E-state index is 0.153. The molecule has 0 amide bonds. The third-order valence-electron chi connectivity index (χ3n) is 4.13. The zero-order valence-corrected chi connectivity index (χ0v) is 13.9. The summed E-state index contributed by atoms with van der Waals surface area (Å²) < 4.78 is 1.17. The van der Waals surface area contributed by atoms with Crippen LogP contribution in [0.3, 0.4) is 0 Å². The number of anilines is 1. The fraction of sp³-hybridized carbons (Fsp3) is 0.412. The smallest absolute Gasteiger partial charge is 0.0450 e. The Labute approximate surface area is 129 Å². The molecule has 2 aromatic carbocycles. The number of benzene rings is 2. The molecule has 1 aliphatic rings. The van der Waals surface area contributed by atoms with Gasteiger partial charge in [-0.2, -0.15) is 0 Å². The quantitative estimate of drug-likeness (QED) is 0.842. The Hall–Kier alpha value is -1.06. The van der Waals surface area contributed by atoms with Crippen molar-refractivity contribution in [1.29, 1.82) is 0 Å². The average Bonchev–Trinajstić information content (AvgIpc) is 2.43. The molecule has 0 bridgehead atoms. The summed E-state index contributed by atoms with van der Waals surface area (Å²) in [6.07, 6.45) is 0. The first kappa shape index (κ1) is 13.9. The van der Waals surface area contributed by atoms with Gasteiger partial charge >= 0.3 is 0 Å². The molecule has 1 N–H and O–H groups in total. The van der Waals surface area contributed by atoms with Crippen LogP contribution in [0.5, 0.6) is 0 Å². The standard InChI is InChI=1S/C17H21BrN2/c1-12-10-19-17(2,3)11-20(12)16-9-8-15(18)13-6-4-5-7-14(13)16/h4-9,12,19H,10-11H2,1-3H3. The van der Waals surface area contributed by atoms with Gasteiger partial charge in [-0.25, -0.2) is 0 Å². The first-order valence-electron chi connectivity index (χ1n) is 7.17. The number of hydrogen-bond acceptors (Lipinski definition) is 2. The molecule has 1 saturated heterocycles. The van der Waals surface area contributed by atoms with Gasteiger partial charge in [0.25, 0.3) is 0 Å². The average molecular weight is 333 g/mol. The molecule has 1 aliphatic heterocycles. The lowest BCUT2D eigenvalue weighted by molar-refractivity contribution is 0.318. The molecule has 0 aromatic heterocycles. The van der Waals surface area contributed by atoms with Gasteiger partial charge in [0.1, 0.15) is 0 Å². The Morgan fingerprint density at radius 3 is 2.60 bits per heavy atom. The van der Waals surface area contributed by atoms with Gasteiger partial charge in [0.05, 0.1) is 0 Å². The van der Waals surface area contributed by atoms with Crippen molar-refractivity contribution in [2.45, 2.75) is 32.4 Å². The lowest BCUT2D eigenvalue weighted by atomic mass is 9.97. The highest BCUT2D eigenvalue weighted by Gasteiger charge is 2.31. The maximum atomic E-state index is 3.66. The van der Waals surface area contributed by atoms with Crippen molar-refractivity contribution in [2.24, 2.45) is 0 Å². The summed E-state index contributed by atoms with van der Waals surface area (Å²) in [6.45, 7) is 8.89. The van der Waals surface area contributed by atoms with Crippen molar-refractivity contribution in [2.75, 3.05) is 18.0 Å². The minimum Gasteiger partial charge on any atom is -0.365 e. The van der Waals surface area contributed by atoms with Crippen molar-refractivity contribution >= 4 is 32.4 Å². The molecule has 3 heteroatoms. The third-order valence-corrected chi connectivity index (χ3v) is 4.82. The number of rotatable bonds is 1. The summed E-state index contributed by atoms with van der Waals surface area (Å²) in [5.74, 6) is 0. The van der Waals surface area contributed by atoms with E-state index in [2.05, 4.69) is 83.3 Å². The van der Waals surface area contributed by atoms with Crippen molar-refractivity contribution in [3.05, 3.63) is 40.9 Å². The van der Waals surface area contributed by atoms with Gasteiger partial charge in [-0.3, -0.25) is 0 Å². The van der Waals surface area contributed by atoms with Gasteiger partial charge in [-0.15, -0.1) is 0 Å². The molecule has 2 nitrogen and oxygen atoms in total. The van der Waals surface area contributed by atoms with Gasteiger partial charge in [0.2, 0.25) is 0 Å². The van der Waals surface area contributed by atoms with Crippen LogP contribution in [0, 0.1) is 0 Å². The van der Waals surface area contributed by atoms with Crippen molar-refractivity contribution in [3.8, 4) is 0 Å². The van der Waals surface area contributed by atoms with Gasteiger partial charge in [-0.1, -0.05) is 40.2 Å². The lowest BCUT2D eigenvalue weighted by Crippen LogP contribution is -2.61. The fourth-order valence-corrected chi connectivity index (χ4v) is 3.47. The van der Waals surface area contributed by atoms with E-state index in [1.54, 1.807) is 0 Å². The normalized spacial score (nSPS) is 22.2. The molecule has 0 aliphatic carbocycles. The molecule has 3 rings (SSSR count). The number of nitrogens with zero attached hydrogens (tertiary/aromatic N) is 1. The topological polar surface area (TPSA) is 15.3 Å². The van der Waals surface area contributed by atoms with Crippen LogP contribution in [0.4, 0.5) is 5.69 Å². The first-order chi connectivity index (χ1) is 9.48. The van der Waals surface area contributed by atoms with Crippen LogP contribution in [0.1, 0.15) is 20.8 Å². The van der Waals surface area contributed by atoms with Crippen LogP contribution >= 0.6 is 15.9 Å². The van der Waals surface area contributed by atoms with Gasteiger partial charge in [-0.05, 0) is 38.3 Å². The zero-order chi connectivity index (χ0) is 14.3. The summed E-state index contributed by atoms with van der Waals surface area (Å²) in [4.78, 5) is 2.53. The molecule has 1 atom stereocenters. The van der Waals surface area contributed by atoms with E-state index in [1.165, 1.54) is 20.9 Å². The summed E-state index contributed by atoms with van der Waals surface area (Å²) in [5.41, 5.74) is 1.49. The Bertz CT molecular complexity index is 636. The van der Waals surface area contributed by atoms with Crippen LogP contribution in [-0.4, -0.2) is 24.7 Å². The first-order valence-corrected chi connectivity index (χ1v) is 7.96. The summed E-state index contributed by atoms with van der Waals surface area (Å²) in [7, 11) is 0. The molecule has 0 saturated carbocycles. The highest BCUT2D eigenvalue weighted by molar-refractivity contribution is 9.10. The molecule has 0 spiro atoms. The Kier molecular flexibility index (Phi) is 3.51. The van der Waals surface area contributed by atoms with E-state index in [-0.39, 0.29) is 5.54 Å². The van der Waals surface area contributed by atoms with Crippen molar-refractivity contribution in [1.82, 2.24) is 5.32 Å². The van der Waals surface area contributed by atoms with Gasteiger partial charge < -0.3 is 10.2 Å². The van der Waals surface area contributed by atoms with Crippen molar-refractivity contribution < 1.29 is 0 Å². The van der Waals surface area contributed by atoms with E-state index in [9.17, 15) is 0 Å². The molecule has 20 heavy (non-hydrogen) atoms. The third kappa shape index (κ3) is 2.45. The summed E-state index contributed by atoms with van der Waals surface area (Å²) >= 11 is 3.66. The van der Waals surface area contributed by atoms with Crippen LogP contribution in [0.15, 0.2) is 40.9 Å². The summed E-state index contributed by atoms with van der Waals surface area (Å²) in [5, 5.41) is 6.23. The number of piperazine rings is 1. The van der Waals surface area contributed by atoms with Crippen LogP contribution < -0.4 is 10.2 Å². The van der Waals surface area contributed by atoms with E-state index < -0.39 is 0 Å². The van der Waals surface area contributed by atoms with Gasteiger partial charge in [0, 0.05) is 40.2 Å². The maximum absolute atomic E-state index is 3.66. The zero-order valence-electron chi connectivity index (χ0n) is 12.3. The lowest BCUT2D eigenvalue weighted by Gasteiger charge is -2.45. The second-order valence-electron chi connectivity index (χ2n) is 6.35. The molecule has 0 radical (unpaired) electrons. The molecular formula is C17H21BrN2. The van der Waals surface area contributed by atoms with E-state index in [1.807, 2.05) is 0 Å². The SMILES string of the molecule is CC1CNC(C)(C)CN1c1ccc(Br)c2ccccc12. The number of halogens is 1. The molecule has 2 aromatic rings. The monoisotopic (exact) mass is 332 g/mol. The van der Waals surface area contributed by atoms with E-state index in [0.29, 0.717) is 6.04 Å². The predicted octanol–water partition coefficient (Wildman–Crippen LogP) is 4.18. The minimum atomic E-state index is 0.153. The van der Waals surface area contributed by atoms with Crippen LogP contribution in [-0.2, 0) is 0 Å². The number of hydrogen-bond donors (Lipinski definition) is 1. The second-order valence-corrected chi connectivity index (χ2v) is 7.21. The predicted molar refractivity (Wildman–Crippen MR) is 90.5 cm³/mol. The maximum Gasteiger partial charge on any atom is 0.0450 e. The number of fused-ring (bicyclic) bond motifs is 1. The number of nitrogens with one attached hydrogen (secondary N) is 1. The highest BCUT2D eigenvalue weighted by atomic mass is 79.9. The van der Waals surface area contributed by atoms with E-state index in [0.717, 1.165) is 13.1 Å². The van der Waals surface area contributed by atoms with Gasteiger partial charge in [0.15, 0.2) is 0 Å². The summed E-state index contributed by atoms with van der Waals surface area (Å²) in [6, 6.07) is 13.5. The van der Waals surface area contributed by atoms with E-state index >= 15 is 0 Å². The molecule has 1 heterocycles. The second kappa shape index (κ2) is 5.05. The Morgan fingerprint density at radius 2 is 1.85 bits per heavy atom. The van der Waals surface area contributed by atoms with Crippen molar-refractivity contribution in [3.63, 3.8) is 0 Å². The molecule has 1 unspecified atom stereocenters. The van der Waals surface area contributed by atoms with E-state index in [4.69, 9.17) is 0 Å².